The summed E-state index contributed by atoms with van der Waals surface area (Å²) in [6, 6.07) is 8.08. The van der Waals surface area contributed by atoms with Crippen molar-refractivity contribution in [1.29, 1.82) is 0 Å². The van der Waals surface area contributed by atoms with E-state index in [2.05, 4.69) is 43.5 Å². The van der Waals surface area contributed by atoms with E-state index in [1.54, 1.807) is 0 Å². The molecule has 2 rings (SSSR count). The molecule has 2 nitrogen and oxygen atoms in total. The van der Waals surface area contributed by atoms with Gasteiger partial charge in [-0.15, -0.1) is 0 Å². The second kappa shape index (κ2) is 3.42. The zero-order valence-corrected chi connectivity index (χ0v) is 10.3. The number of pyridine rings is 1. The molecule has 0 radical (unpaired) electrons. The van der Waals surface area contributed by atoms with Crippen molar-refractivity contribution in [3.8, 4) is 0 Å². The largest absolute Gasteiger partial charge is 0.383 e. The van der Waals surface area contributed by atoms with Gasteiger partial charge in [-0.2, -0.15) is 0 Å². The van der Waals surface area contributed by atoms with Gasteiger partial charge in [0.15, 0.2) is 0 Å². The number of hydrogen-bond donors (Lipinski definition) is 1. The summed E-state index contributed by atoms with van der Waals surface area (Å²) in [4.78, 5) is 4.26. The van der Waals surface area contributed by atoms with Crippen LogP contribution in [0, 0.1) is 3.57 Å². The van der Waals surface area contributed by atoms with Crippen molar-refractivity contribution in [2.24, 2.45) is 0 Å². The number of rotatable bonds is 0. The first-order chi connectivity index (χ1) is 6.16. The lowest BCUT2D eigenvalue weighted by Gasteiger charge is -2.01. The van der Waals surface area contributed by atoms with Gasteiger partial charge < -0.3 is 5.73 Å². The summed E-state index contributed by atoms with van der Waals surface area (Å²) in [5.41, 5.74) is 6.61. The Labute approximate surface area is 97.8 Å². The molecule has 0 bridgehead atoms. The first kappa shape index (κ1) is 9.21. The number of halogens is 2. The van der Waals surface area contributed by atoms with E-state index < -0.39 is 0 Å². The maximum atomic E-state index is 5.68. The molecule has 0 aliphatic heterocycles. The lowest BCUT2D eigenvalue weighted by atomic mass is 10.2. The number of nitrogens with zero attached hydrogens (tertiary/aromatic N) is 1. The van der Waals surface area contributed by atoms with Gasteiger partial charge in [-0.25, -0.2) is 4.98 Å². The molecule has 1 aromatic carbocycles. The number of benzene rings is 1. The Kier molecular flexibility index (Phi) is 2.42. The molecule has 0 saturated carbocycles. The number of anilines is 1. The zero-order valence-electron chi connectivity index (χ0n) is 6.59. The van der Waals surface area contributed by atoms with Crippen LogP contribution in [0.4, 0.5) is 5.82 Å². The van der Waals surface area contributed by atoms with Gasteiger partial charge in [0.2, 0.25) is 0 Å². The van der Waals surface area contributed by atoms with E-state index in [0.717, 1.165) is 15.4 Å². The van der Waals surface area contributed by atoms with Gasteiger partial charge in [-0.3, -0.25) is 0 Å². The van der Waals surface area contributed by atoms with Crippen molar-refractivity contribution >= 4 is 55.2 Å². The molecule has 1 aromatic heterocycles. The molecule has 0 aliphatic rings. The molecule has 0 atom stereocenters. The van der Waals surface area contributed by atoms with Crippen LogP contribution in [0.1, 0.15) is 0 Å². The summed E-state index contributed by atoms with van der Waals surface area (Å²) in [5.74, 6) is 0.537. The predicted molar refractivity (Wildman–Crippen MR) is 66.6 cm³/mol. The van der Waals surface area contributed by atoms with Crippen LogP contribution < -0.4 is 5.73 Å². The van der Waals surface area contributed by atoms with E-state index in [1.807, 2.05) is 24.3 Å². The fourth-order valence-corrected chi connectivity index (χ4v) is 1.94. The van der Waals surface area contributed by atoms with Crippen LogP contribution in [0.25, 0.3) is 10.9 Å². The zero-order chi connectivity index (χ0) is 9.42. The summed E-state index contributed by atoms with van der Waals surface area (Å²) in [7, 11) is 0. The average molecular weight is 349 g/mol. The van der Waals surface area contributed by atoms with Gasteiger partial charge in [0.1, 0.15) is 5.82 Å². The molecule has 0 unspecified atom stereocenters. The maximum Gasteiger partial charge on any atom is 0.138 e. The third-order valence-electron chi connectivity index (χ3n) is 1.76. The normalized spacial score (nSPS) is 10.6. The van der Waals surface area contributed by atoms with Crippen molar-refractivity contribution in [3.63, 3.8) is 0 Å². The predicted octanol–water partition coefficient (Wildman–Crippen LogP) is 3.18. The monoisotopic (exact) mass is 348 g/mol. The lowest BCUT2D eigenvalue weighted by Crippen LogP contribution is -1.92. The highest BCUT2D eigenvalue weighted by Gasteiger charge is 2.00. The molecular formula is C9H6BrIN2. The molecule has 2 N–H and O–H groups in total. The summed E-state index contributed by atoms with van der Waals surface area (Å²) < 4.78 is 2.01. The van der Waals surface area contributed by atoms with Crippen molar-refractivity contribution in [3.05, 3.63) is 32.3 Å². The minimum Gasteiger partial charge on any atom is -0.383 e. The van der Waals surface area contributed by atoms with Gasteiger partial charge in [-0.05, 0) is 56.7 Å². The standard InChI is InChI=1S/C9H6BrIN2/c10-7-3-5-1-2-6(11)4-8(5)13-9(7)12/h1-4H,(H2,12,13). The van der Waals surface area contributed by atoms with Crippen molar-refractivity contribution in [2.75, 3.05) is 5.73 Å². The van der Waals surface area contributed by atoms with Crippen LogP contribution in [-0.2, 0) is 0 Å². The first-order valence-corrected chi connectivity index (χ1v) is 5.55. The highest BCUT2D eigenvalue weighted by Crippen LogP contribution is 2.23. The minimum absolute atomic E-state index is 0.537. The molecule has 0 saturated heterocycles. The number of fused-ring (bicyclic) bond motifs is 1. The van der Waals surface area contributed by atoms with Crippen LogP contribution in [-0.4, -0.2) is 4.98 Å². The lowest BCUT2D eigenvalue weighted by molar-refractivity contribution is 1.39. The molecule has 0 fully saturated rings. The van der Waals surface area contributed by atoms with Crippen LogP contribution in [0.3, 0.4) is 0 Å². The third-order valence-corrected chi connectivity index (χ3v) is 3.07. The molecule has 0 spiro atoms. The smallest absolute Gasteiger partial charge is 0.138 e. The SMILES string of the molecule is Nc1nc2cc(I)ccc2cc1Br. The van der Waals surface area contributed by atoms with E-state index in [9.17, 15) is 0 Å². The van der Waals surface area contributed by atoms with E-state index >= 15 is 0 Å². The van der Waals surface area contributed by atoms with Crippen LogP contribution in [0.5, 0.6) is 0 Å². The van der Waals surface area contributed by atoms with Gasteiger partial charge >= 0.3 is 0 Å². The van der Waals surface area contributed by atoms with Crippen LogP contribution >= 0.6 is 38.5 Å². The molecule has 2 aromatic rings. The maximum absolute atomic E-state index is 5.68. The molecule has 1 heterocycles. The quantitative estimate of drug-likeness (QED) is 0.742. The highest BCUT2D eigenvalue weighted by molar-refractivity contribution is 14.1. The molecule has 4 heteroatoms. The fraction of sp³-hybridized carbons (Fsp3) is 0. The Morgan fingerprint density at radius 2 is 2.08 bits per heavy atom. The highest BCUT2D eigenvalue weighted by atomic mass is 127. The molecule has 0 amide bonds. The number of nitrogen functional groups attached to an aromatic ring is 1. The molecule has 0 aliphatic carbocycles. The summed E-state index contributed by atoms with van der Waals surface area (Å²) in [6.07, 6.45) is 0. The second-order valence-corrected chi connectivity index (χ2v) is 4.79. The van der Waals surface area contributed by atoms with E-state index in [1.165, 1.54) is 3.57 Å². The molecular weight excluding hydrogens is 343 g/mol. The van der Waals surface area contributed by atoms with E-state index in [-0.39, 0.29) is 0 Å². The third kappa shape index (κ3) is 1.78. The van der Waals surface area contributed by atoms with Crippen LogP contribution in [0.15, 0.2) is 28.7 Å². The number of aromatic nitrogens is 1. The Hall–Kier alpha value is -0.360. The number of nitrogens with two attached hydrogens (primary N) is 1. The summed E-state index contributed by atoms with van der Waals surface area (Å²) in [6.45, 7) is 0. The minimum atomic E-state index is 0.537. The number of hydrogen-bond acceptors (Lipinski definition) is 2. The van der Waals surface area contributed by atoms with Crippen molar-refractivity contribution in [1.82, 2.24) is 4.98 Å². The second-order valence-electron chi connectivity index (χ2n) is 2.69. The average Bonchev–Trinajstić information content (AvgIpc) is 2.08. The summed E-state index contributed by atoms with van der Waals surface area (Å²) in [5, 5.41) is 1.10. The first-order valence-electron chi connectivity index (χ1n) is 3.68. The van der Waals surface area contributed by atoms with Gasteiger partial charge in [0, 0.05) is 8.96 Å². The van der Waals surface area contributed by atoms with E-state index in [4.69, 9.17) is 5.73 Å². The van der Waals surface area contributed by atoms with Crippen molar-refractivity contribution < 1.29 is 0 Å². The van der Waals surface area contributed by atoms with Crippen molar-refractivity contribution in [2.45, 2.75) is 0 Å². The topological polar surface area (TPSA) is 38.9 Å². The van der Waals surface area contributed by atoms with Gasteiger partial charge in [-0.1, -0.05) is 6.07 Å². The fourth-order valence-electron chi connectivity index (χ4n) is 1.13. The van der Waals surface area contributed by atoms with Gasteiger partial charge in [0.25, 0.3) is 0 Å². The molecule has 66 valence electrons. The van der Waals surface area contributed by atoms with Crippen LogP contribution in [0.2, 0.25) is 0 Å². The van der Waals surface area contributed by atoms with Gasteiger partial charge in [0.05, 0.1) is 9.99 Å². The summed E-state index contributed by atoms with van der Waals surface area (Å²) >= 11 is 5.60. The Morgan fingerprint density at radius 1 is 1.31 bits per heavy atom. The Balaban J connectivity index is 2.81. The Bertz CT molecular complexity index is 470. The molecule has 13 heavy (non-hydrogen) atoms. The Morgan fingerprint density at radius 3 is 2.85 bits per heavy atom. The van der Waals surface area contributed by atoms with E-state index in [0.29, 0.717) is 5.82 Å².